The van der Waals surface area contributed by atoms with Crippen molar-refractivity contribution in [3.05, 3.63) is 59.8 Å². The molecule has 2 aromatic carbocycles. The Morgan fingerprint density at radius 3 is 2.74 bits per heavy atom. The summed E-state index contributed by atoms with van der Waals surface area (Å²) in [6.45, 7) is 2.37. The number of ether oxygens (including phenoxy) is 2. The standard InChI is InChI=1S/C21H18F2N4O3S/c1-12-8-14(28)3-4-15(12)19-16-10-24-21(30-18-5-2-13(22)9-17(18)23)25-20(16)27(26-19)11-29-6-7-31/h2-5,8-10,28,31H,6-7,11H2,1H3. The van der Waals surface area contributed by atoms with Crippen molar-refractivity contribution < 1.29 is 23.4 Å². The molecule has 0 aliphatic heterocycles. The van der Waals surface area contributed by atoms with Crippen molar-refractivity contribution in [2.24, 2.45) is 0 Å². The number of hydrogen-bond donors (Lipinski definition) is 2. The molecule has 0 fully saturated rings. The third kappa shape index (κ3) is 4.44. The summed E-state index contributed by atoms with van der Waals surface area (Å²) in [7, 11) is 0. The number of rotatable bonds is 7. The van der Waals surface area contributed by atoms with Crippen LogP contribution in [-0.4, -0.2) is 37.2 Å². The number of hydrogen-bond acceptors (Lipinski definition) is 7. The van der Waals surface area contributed by atoms with Crippen molar-refractivity contribution in [2.45, 2.75) is 13.7 Å². The lowest BCUT2D eigenvalue weighted by atomic mass is 10.0. The van der Waals surface area contributed by atoms with Crippen LogP contribution >= 0.6 is 12.6 Å². The van der Waals surface area contributed by atoms with E-state index in [0.717, 1.165) is 29.3 Å². The quantitative estimate of drug-likeness (QED) is 0.323. The highest BCUT2D eigenvalue weighted by Crippen LogP contribution is 2.32. The van der Waals surface area contributed by atoms with Gasteiger partial charge in [-0.15, -0.1) is 0 Å². The van der Waals surface area contributed by atoms with Gasteiger partial charge in [0.05, 0.1) is 12.0 Å². The number of aryl methyl sites for hydroxylation is 1. The van der Waals surface area contributed by atoms with Gasteiger partial charge in [-0.2, -0.15) is 22.7 Å². The van der Waals surface area contributed by atoms with Crippen molar-refractivity contribution >= 4 is 23.7 Å². The summed E-state index contributed by atoms with van der Waals surface area (Å²) in [6, 6.07) is 7.79. The molecule has 0 bridgehead atoms. The molecule has 0 amide bonds. The average Bonchev–Trinajstić information content (AvgIpc) is 3.08. The van der Waals surface area contributed by atoms with E-state index in [4.69, 9.17) is 9.47 Å². The molecule has 0 spiro atoms. The largest absolute Gasteiger partial charge is 0.508 e. The first kappa shape index (κ1) is 21.0. The lowest BCUT2D eigenvalue weighted by Crippen LogP contribution is -2.07. The first-order valence-corrected chi connectivity index (χ1v) is 9.94. The van der Waals surface area contributed by atoms with Crippen molar-refractivity contribution in [3.8, 4) is 28.8 Å². The monoisotopic (exact) mass is 444 g/mol. The van der Waals surface area contributed by atoms with Crippen LogP contribution in [0, 0.1) is 18.6 Å². The fraction of sp³-hybridized carbons (Fsp3) is 0.190. The zero-order valence-corrected chi connectivity index (χ0v) is 17.3. The van der Waals surface area contributed by atoms with Crippen LogP contribution in [0.1, 0.15) is 5.56 Å². The van der Waals surface area contributed by atoms with Gasteiger partial charge in [0, 0.05) is 23.6 Å². The first-order valence-electron chi connectivity index (χ1n) is 9.31. The number of aromatic nitrogens is 4. The summed E-state index contributed by atoms with van der Waals surface area (Å²) >= 11 is 4.13. The van der Waals surface area contributed by atoms with Crippen LogP contribution in [0.15, 0.2) is 42.6 Å². The molecule has 0 aliphatic carbocycles. The lowest BCUT2D eigenvalue weighted by molar-refractivity contribution is 0.0841. The van der Waals surface area contributed by atoms with Crippen LogP contribution in [0.2, 0.25) is 0 Å². The maximum absolute atomic E-state index is 14.0. The van der Waals surface area contributed by atoms with Gasteiger partial charge >= 0.3 is 6.01 Å². The van der Waals surface area contributed by atoms with Gasteiger partial charge < -0.3 is 14.6 Å². The zero-order chi connectivity index (χ0) is 22.0. The fourth-order valence-corrected chi connectivity index (χ4v) is 3.20. The highest BCUT2D eigenvalue weighted by atomic mass is 32.1. The second-order valence-corrected chi connectivity index (χ2v) is 7.12. The Kier molecular flexibility index (Phi) is 6.01. The number of phenols is 1. The number of nitrogens with zero attached hydrogens (tertiary/aromatic N) is 4. The third-order valence-electron chi connectivity index (χ3n) is 4.48. The van der Waals surface area contributed by atoms with Crippen molar-refractivity contribution in [1.82, 2.24) is 19.7 Å². The number of phenolic OH excluding ortho intramolecular Hbond substituents is 1. The van der Waals surface area contributed by atoms with E-state index in [2.05, 4.69) is 27.7 Å². The molecule has 0 unspecified atom stereocenters. The normalized spacial score (nSPS) is 11.2. The van der Waals surface area contributed by atoms with E-state index in [9.17, 15) is 13.9 Å². The molecule has 4 rings (SSSR count). The summed E-state index contributed by atoms with van der Waals surface area (Å²) in [6.07, 6.45) is 1.52. The Morgan fingerprint density at radius 2 is 2.00 bits per heavy atom. The van der Waals surface area contributed by atoms with E-state index in [1.54, 1.807) is 18.2 Å². The Hall–Kier alpha value is -3.24. The number of benzene rings is 2. The molecular formula is C21H18F2N4O3S. The van der Waals surface area contributed by atoms with Gasteiger partial charge in [0.1, 0.15) is 24.0 Å². The van der Waals surface area contributed by atoms with E-state index < -0.39 is 11.6 Å². The Balaban J connectivity index is 1.77. The van der Waals surface area contributed by atoms with Crippen molar-refractivity contribution in [2.75, 3.05) is 12.4 Å². The van der Waals surface area contributed by atoms with E-state index >= 15 is 0 Å². The van der Waals surface area contributed by atoms with Crippen molar-refractivity contribution in [1.29, 1.82) is 0 Å². The number of thiol groups is 1. The van der Waals surface area contributed by atoms with Crippen LogP contribution in [0.4, 0.5) is 8.78 Å². The minimum atomic E-state index is -0.866. The molecule has 160 valence electrons. The van der Waals surface area contributed by atoms with E-state index in [1.165, 1.54) is 10.9 Å². The summed E-state index contributed by atoms with van der Waals surface area (Å²) < 4.78 is 39.6. The molecule has 2 aromatic heterocycles. The Morgan fingerprint density at radius 1 is 1.16 bits per heavy atom. The molecule has 4 aromatic rings. The van der Waals surface area contributed by atoms with Crippen molar-refractivity contribution in [3.63, 3.8) is 0 Å². The van der Waals surface area contributed by atoms with E-state index in [0.29, 0.717) is 29.1 Å². The van der Waals surface area contributed by atoms with Crippen LogP contribution in [0.5, 0.6) is 17.5 Å². The number of aromatic hydroxyl groups is 1. The maximum atomic E-state index is 14.0. The highest BCUT2D eigenvalue weighted by Gasteiger charge is 2.18. The van der Waals surface area contributed by atoms with Gasteiger partial charge in [0.15, 0.2) is 17.2 Å². The molecule has 0 atom stereocenters. The molecule has 0 saturated heterocycles. The molecular weight excluding hydrogens is 426 g/mol. The van der Waals surface area contributed by atoms with Gasteiger partial charge in [-0.1, -0.05) is 0 Å². The molecule has 10 heteroatoms. The summed E-state index contributed by atoms with van der Waals surface area (Å²) in [4.78, 5) is 8.52. The summed E-state index contributed by atoms with van der Waals surface area (Å²) in [5.74, 6) is -1.09. The van der Waals surface area contributed by atoms with Crippen LogP contribution < -0.4 is 4.74 Å². The van der Waals surface area contributed by atoms with Crippen LogP contribution in [0.25, 0.3) is 22.3 Å². The predicted octanol–water partition coefficient (Wildman–Crippen LogP) is 4.48. The fourth-order valence-electron chi connectivity index (χ4n) is 3.07. The first-order chi connectivity index (χ1) is 15.0. The van der Waals surface area contributed by atoms with Crippen LogP contribution in [-0.2, 0) is 11.5 Å². The molecule has 0 aliphatic rings. The van der Waals surface area contributed by atoms with E-state index in [-0.39, 0.29) is 24.2 Å². The zero-order valence-electron chi connectivity index (χ0n) is 16.4. The Bertz CT molecular complexity index is 1250. The van der Waals surface area contributed by atoms with Gasteiger partial charge in [-0.05, 0) is 42.8 Å². The summed E-state index contributed by atoms with van der Waals surface area (Å²) in [5, 5.41) is 14.9. The van der Waals surface area contributed by atoms with Gasteiger partial charge in [-0.3, -0.25) is 0 Å². The molecule has 2 heterocycles. The third-order valence-corrected chi connectivity index (χ3v) is 4.66. The lowest BCUT2D eigenvalue weighted by Gasteiger charge is -2.06. The highest BCUT2D eigenvalue weighted by molar-refractivity contribution is 7.80. The predicted molar refractivity (Wildman–Crippen MR) is 113 cm³/mol. The van der Waals surface area contributed by atoms with Crippen LogP contribution in [0.3, 0.4) is 0 Å². The van der Waals surface area contributed by atoms with Gasteiger partial charge in [0.2, 0.25) is 0 Å². The average molecular weight is 444 g/mol. The molecule has 7 nitrogen and oxygen atoms in total. The SMILES string of the molecule is Cc1cc(O)ccc1-c1nn(COCCS)c2nc(Oc3ccc(F)cc3F)ncc12. The minimum Gasteiger partial charge on any atom is -0.508 e. The number of halogens is 2. The Labute approximate surface area is 181 Å². The topological polar surface area (TPSA) is 82.3 Å². The molecule has 1 N–H and O–H groups in total. The second kappa shape index (κ2) is 8.86. The van der Waals surface area contributed by atoms with Gasteiger partial charge in [0.25, 0.3) is 0 Å². The minimum absolute atomic E-state index is 0.107. The second-order valence-electron chi connectivity index (χ2n) is 6.67. The molecule has 0 saturated carbocycles. The number of fused-ring (bicyclic) bond motifs is 1. The molecule has 0 radical (unpaired) electrons. The smallest absolute Gasteiger partial charge is 0.324 e. The van der Waals surface area contributed by atoms with Gasteiger partial charge in [-0.25, -0.2) is 18.4 Å². The van der Waals surface area contributed by atoms with E-state index in [1.807, 2.05) is 6.92 Å². The summed E-state index contributed by atoms with van der Waals surface area (Å²) in [5.41, 5.74) is 2.62. The molecule has 31 heavy (non-hydrogen) atoms. The maximum Gasteiger partial charge on any atom is 0.324 e.